The molecule has 0 fully saturated rings. The SMILES string of the molecule is CCCC[Si](OCC)(OCC)c1ccc([Si](CCCC)(OCC)OCC)cc1. The van der Waals surface area contributed by atoms with Crippen molar-refractivity contribution in [2.75, 3.05) is 26.4 Å². The average molecular weight is 427 g/mol. The summed E-state index contributed by atoms with van der Waals surface area (Å²) in [7, 11) is -4.81. The minimum Gasteiger partial charge on any atom is -0.391 e. The smallest absolute Gasteiger partial charge is 0.372 e. The van der Waals surface area contributed by atoms with Gasteiger partial charge in [-0.05, 0) is 50.2 Å². The Morgan fingerprint density at radius 1 is 0.536 bits per heavy atom. The third-order valence-corrected chi connectivity index (χ3v) is 12.5. The predicted octanol–water partition coefficient (Wildman–Crippen LogP) is 4.73. The van der Waals surface area contributed by atoms with Crippen LogP contribution in [-0.4, -0.2) is 43.5 Å². The summed E-state index contributed by atoms with van der Waals surface area (Å²) < 4.78 is 25.2. The van der Waals surface area contributed by atoms with Gasteiger partial charge in [0.1, 0.15) is 0 Å². The third kappa shape index (κ3) is 6.78. The molecule has 28 heavy (non-hydrogen) atoms. The van der Waals surface area contributed by atoms with E-state index in [1.54, 1.807) is 0 Å². The van der Waals surface area contributed by atoms with E-state index < -0.39 is 17.1 Å². The Kier molecular flexibility index (Phi) is 12.5. The molecule has 0 aliphatic heterocycles. The summed E-state index contributed by atoms with van der Waals surface area (Å²) >= 11 is 0. The van der Waals surface area contributed by atoms with Gasteiger partial charge < -0.3 is 17.7 Å². The first-order valence-corrected chi connectivity index (χ1v) is 15.3. The van der Waals surface area contributed by atoms with Crippen molar-refractivity contribution in [2.24, 2.45) is 0 Å². The zero-order valence-electron chi connectivity index (χ0n) is 19.0. The van der Waals surface area contributed by atoms with E-state index >= 15 is 0 Å². The molecule has 0 bridgehead atoms. The molecule has 0 unspecified atom stereocenters. The Morgan fingerprint density at radius 2 is 0.821 bits per heavy atom. The number of hydrogen-bond acceptors (Lipinski definition) is 4. The molecule has 0 aromatic heterocycles. The lowest BCUT2D eigenvalue weighted by molar-refractivity contribution is 0.193. The quantitative estimate of drug-likeness (QED) is 0.358. The van der Waals surface area contributed by atoms with Crippen molar-refractivity contribution in [3.8, 4) is 0 Å². The van der Waals surface area contributed by atoms with Gasteiger partial charge in [-0.3, -0.25) is 0 Å². The number of rotatable bonds is 16. The van der Waals surface area contributed by atoms with Crippen LogP contribution >= 0.6 is 0 Å². The van der Waals surface area contributed by atoms with Crippen LogP contribution in [0.1, 0.15) is 67.2 Å². The van der Waals surface area contributed by atoms with E-state index in [1.807, 2.05) is 0 Å². The van der Waals surface area contributed by atoms with Crippen molar-refractivity contribution in [2.45, 2.75) is 79.3 Å². The summed E-state index contributed by atoms with van der Waals surface area (Å²) in [6.07, 6.45) is 4.55. The summed E-state index contributed by atoms with van der Waals surface area (Å²) in [4.78, 5) is 0. The van der Waals surface area contributed by atoms with Crippen LogP contribution in [0.2, 0.25) is 12.1 Å². The molecule has 1 aromatic rings. The fourth-order valence-electron chi connectivity index (χ4n) is 3.72. The highest BCUT2D eigenvalue weighted by molar-refractivity contribution is 6.82. The molecule has 0 atom stereocenters. The van der Waals surface area contributed by atoms with E-state index in [1.165, 1.54) is 10.4 Å². The molecule has 0 aliphatic rings. The van der Waals surface area contributed by atoms with Gasteiger partial charge in [-0.15, -0.1) is 0 Å². The van der Waals surface area contributed by atoms with Crippen LogP contribution in [0.15, 0.2) is 24.3 Å². The van der Waals surface area contributed by atoms with Gasteiger partial charge in [0.05, 0.1) is 0 Å². The molecule has 0 heterocycles. The lowest BCUT2D eigenvalue weighted by atomic mass is 10.4. The fraction of sp³-hybridized carbons (Fsp3) is 0.727. The summed E-state index contributed by atoms with van der Waals surface area (Å²) in [6, 6.07) is 10.9. The number of unbranched alkanes of at least 4 members (excludes halogenated alkanes) is 2. The van der Waals surface area contributed by atoms with Gasteiger partial charge in [0, 0.05) is 26.4 Å². The highest BCUT2D eigenvalue weighted by atomic mass is 28.4. The Labute approximate surface area is 175 Å². The van der Waals surface area contributed by atoms with Crippen molar-refractivity contribution in [3.63, 3.8) is 0 Å². The normalized spacial score (nSPS) is 12.5. The van der Waals surface area contributed by atoms with Crippen molar-refractivity contribution in [1.82, 2.24) is 0 Å². The van der Waals surface area contributed by atoms with Crippen LogP contribution in [0.25, 0.3) is 0 Å². The van der Waals surface area contributed by atoms with Gasteiger partial charge in [-0.1, -0.05) is 63.8 Å². The van der Waals surface area contributed by atoms with Gasteiger partial charge >= 0.3 is 17.1 Å². The summed E-state index contributed by atoms with van der Waals surface area (Å²) in [5.74, 6) is 0. The van der Waals surface area contributed by atoms with Crippen LogP contribution in [0.4, 0.5) is 0 Å². The zero-order valence-corrected chi connectivity index (χ0v) is 21.0. The zero-order chi connectivity index (χ0) is 20.9. The Hall–Kier alpha value is -0.506. The van der Waals surface area contributed by atoms with Crippen LogP contribution in [0.5, 0.6) is 0 Å². The second-order valence-electron chi connectivity index (χ2n) is 7.02. The first-order valence-electron chi connectivity index (χ1n) is 11.2. The molecule has 0 radical (unpaired) electrons. The van der Waals surface area contributed by atoms with Crippen LogP contribution in [0.3, 0.4) is 0 Å². The first kappa shape index (κ1) is 25.5. The van der Waals surface area contributed by atoms with Crippen molar-refractivity contribution >= 4 is 27.5 Å². The fourth-order valence-corrected chi connectivity index (χ4v) is 10.6. The van der Waals surface area contributed by atoms with E-state index in [0.29, 0.717) is 26.4 Å². The van der Waals surface area contributed by atoms with E-state index in [2.05, 4.69) is 65.8 Å². The number of hydrogen-bond donors (Lipinski definition) is 0. The van der Waals surface area contributed by atoms with E-state index in [9.17, 15) is 0 Å². The van der Waals surface area contributed by atoms with Gasteiger partial charge in [0.15, 0.2) is 0 Å². The molecule has 1 aromatic carbocycles. The molecule has 0 N–H and O–H groups in total. The largest absolute Gasteiger partial charge is 0.391 e. The van der Waals surface area contributed by atoms with Crippen LogP contribution < -0.4 is 10.4 Å². The highest BCUT2D eigenvalue weighted by Gasteiger charge is 2.42. The summed E-state index contributed by atoms with van der Waals surface area (Å²) in [5.41, 5.74) is 0. The molecule has 162 valence electrons. The van der Waals surface area contributed by atoms with E-state index in [0.717, 1.165) is 37.8 Å². The summed E-state index contributed by atoms with van der Waals surface area (Å²) in [6.45, 7) is 15.4. The molecule has 4 nitrogen and oxygen atoms in total. The monoisotopic (exact) mass is 426 g/mol. The average Bonchev–Trinajstić information content (AvgIpc) is 2.71. The standard InChI is InChI=1S/C22H42O4Si2/c1-7-13-19-27(23-9-3,24-10-4)21-15-17-22(18-16-21)28(25-11-5,26-12-6)20-14-8-2/h15-18H,7-14,19-20H2,1-6H3. The van der Waals surface area contributed by atoms with Crippen LogP contribution in [0, 0.1) is 0 Å². The Balaban J connectivity index is 3.27. The molecule has 0 spiro atoms. The minimum absolute atomic E-state index is 0.685. The highest BCUT2D eigenvalue weighted by Crippen LogP contribution is 2.20. The molecule has 6 heteroatoms. The maximum absolute atomic E-state index is 6.31. The lowest BCUT2D eigenvalue weighted by Crippen LogP contribution is -2.56. The van der Waals surface area contributed by atoms with Gasteiger partial charge in [0.25, 0.3) is 0 Å². The van der Waals surface area contributed by atoms with E-state index in [4.69, 9.17) is 17.7 Å². The maximum Gasteiger partial charge on any atom is 0.372 e. The molecular formula is C22H42O4Si2. The second kappa shape index (κ2) is 13.7. The maximum atomic E-state index is 6.31. The van der Waals surface area contributed by atoms with Crippen LogP contribution in [-0.2, 0) is 17.7 Å². The number of benzene rings is 1. The second-order valence-corrected chi connectivity index (χ2v) is 13.3. The van der Waals surface area contributed by atoms with E-state index in [-0.39, 0.29) is 0 Å². The van der Waals surface area contributed by atoms with Crippen molar-refractivity contribution < 1.29 is 17.7 Å². The lowest BCUT2D eigenvalue weighted by Gasteiger charge is -2.33. The molecule has 0 saturated heterocycles. The Morgan fingerprint density at radius 3 is 1.04 bits per heavy atom. The molecule has 0 aliphatic carbocycles. The summed E-state index contributed by atoms with van der Waals surface area (Å²) in [5, 5.41) is 2.44. The van der Waals surface area contributed by atoms with Crippen molar-refractivity contribution in [1.29, 1.82) is 0 Å². The van der Waals surface area contributed by atoms with Gasteiger partial charge in [0.2, 0.25) is 0 Å². The molecule has 0 saturated carbocycles. The Bertz CT molecular complexity index is 463. The molecular weight excluding hydrogens is 384 g/mol. The molecule has 1 rings (SSSR count). The van der Waals surface area contributed by atoms with Gasteiger partial charge in [-0.25, -0.2) is 0 Å². The predicted molar refractivity (Wildman–Crippen MR) is 123 cm³/mol. The van der Waals surface area contributed by atoms with Gasteiger partial charge in [-0.2, -0.15) is 0 Å². The minimum atomic E-state index is -2.40. The topological polar surface area (TPSA) is 36.9 Å². The third-order valence-electron chi connectivity index (χ3n) is 4.99. The van der Waals surface area contributed by atoms with Crippen molar-refractivity contribution in [3.05, 3.63) is 24.3 Å². The molecule has 0 amide bonds. The first-order chi connectivity index (χ1) is 13.6.